The summed E-state index contributed by atoms with van der Waals surface area (Å²) in [5.41, 5.74) is 0.300. The van der Waals surface area contributed by atoms with E-state index in [9.17, 15) is 22.8 Å². The molecule has 0 fully saturated rings. The molecule has 176 valence electrons. The van der Waals surface area contributed by atoms with Gasteiger partial charge >= 0.3 is 0 Å². The molecule has 0 saturated heterocycles. The second-order valence-electron chi connectivity index (χ2n) is 7.32. The number of amides is 3. The zero-order valence-corrected chi connectivity index (χ0v) is 20.7. The van der Waals surface area contributed by atoms with Crippen LogP contribution in [-0.4, -0.2) is 61.7 Å². The number of anilines is 1. The summed E-state index contributed by atoms with van der Waals surface area (Å²) in [4.78, 5) is 43.6. The molecule has 10 nitrogen and oxygen atoms in total. The van der Waals surface area contributed by atoms with Gasteiger partial charge < -0.3 is 14.8 Å². The van der Waals surface area contributed by atoms with Gasteiger partial charge in [-0.05, 0) is 31.2 Å². The van der Waals surface area contributed by atoms with Gasteiger partial charge in [-0.1, -0.05) is 15.9 Å². The number of carbonyl (C=O) groups excluding carboxylic acids is 3. The number of nitrogens with zero attached hydrogens (tertiary/aromatic N) is 2. The molecule has 0 saturated carbocycles. The molecule has 1 N–H and O–H groups in total. The first-order valence-electron chi connectivity index (χ1n) is 9.81. The van der Waals surface area contributed by atoms with Crippen LogP contribution in [0.2, 0.25) is 0 Å². The Kier molecular flexibility index (Phi) is 7.08. The molecule has 2 heterocycles. The van der Waals surface area contributed by atoms with Crippen LogP contribution in [0.4, 0.5) is 5.69 Å². The van der Waals surface area contributed by atoms with Gasteiger partial charge in [0.2, 0.25) is 5.91 Å². The first kappa shape index (κ1) is 24.6. The minimum absolute atomic E-state index is 0.0181. The molecule has 1 aliphatic rings. The number of nitrogens with one attached hydrogen (secondary N) is 1. The number of ether oxygens (including phenoxy) is 2. The second-order valence-corrected chi connectivity index (χ2v) is 10.4. The highest BCUT2D eigenvalue weighted by atomic mass is 79.9. The van der Waals surface area contributed by atoms with Gasteiger partial charge in [0.25, 0.3) is 17.7 Å². The number of rotatable bonds is 8. The summed E-state index contributed by atoms with van der Waals surface area (Å²) in [7, 11) is -2.23. The van der Waals surface area contributed by atoms with Gasteiger partial charge in [-0.2, -0.15) is 0 Å². The van der Waals surface area contributed by atoms with E-state index in [1.807, 2.05) is 0 Å². The average Bonchev–Trinajstić information content (AvgIpc) is 2.95. The lowest BCUT2D eigenvalue weighted by Crippen LogP contribution is -2.38. The number of aromatic nitrogens is 1. The van der Waals surface area contributed by atoms with E-state index < -0.39 is 39.4 Å². The van der Waals surface area contributed by atoms with E-state index in [2.05, 4.69) is 26.2 Å². The molecule has 12 heteroatoms. The van der Waals surface area contributed by atoms with Crippen molar-refractivity contribution in [2.24, 2.45) is 0 Å². The number of halogens is 1. The predicted molar refractivity (Wildman–Crippen MR) is 123 cm³/mol. The third-order valence-corrected chi connectivity index (χ3v) is 6.14. The summed E-state index contributed by atoms with van der Waals surface area (Å²) < 4.78 is 35.7. The van der Waals surface area contributed by atoms with Gasteiger partial charge in [0.15, 0.2) is 5.75 Å². The lowest BCUT2D eigenvalue weighted by molar-refractivity contribution is -0.114. The second kappa shape index (κ2) is 9.48. The third-order valence-electron chi connectivity index (χ3n) is 4.76. The Morgan fingerprint density at radius 1 is 1.24 bits per heavy atom. The summed E-state index contributed by atoms with van der Waals surface area (Å²) in [6.45, 7) is 3.29. The van der Waals surface area contributed by atoms with E-state index in [1.165, 1.54) is 38.3 Å². The van der Waals surface area contributed by atoms with E-state index in [0.717, 1.165) is 11.2 Å². The van der Waals surface area contributed by atoms with Gasteiger partial charge in [0.1, 0.15) is 9.84 Å². The van der Waals surface area contributed by atoms with Crippen LogP contribution in [0, 0.1) is 0 Å². The highest BCUT2D eigenvalue weighted by Crippen LogP contribution is 2.38. The van der Waals surface area contributed by atoms with Gasteiger partial charge in [-0.3, -0.25) is 19.3 Å². The monoisotopic (exact) mass is 539 g/mol. The summed E-state index contributed by atoms with van der Waals surface area (Å²) >= 11 is 3.27. The average molecular weight is 540 g/mol. The van der Waals surface area contributed by atoms with Crippen LogP contribution in [0.5, 0.6) is 11.6 Å². The predicted octanol–water partition coefficient (Wildman–Crippen LogP) is 2.59. The van der Waals surface area contributed by atoms with Crippen LogP contribution < -0.4 is 14.8 Å². The number of pyridine rings is 1. The maximum Gasteiger partial charge on any atom is 0.264 e. The number of benzene rings is 1. The minimum atomic E-state index is -3.66. The highest BCUT2D eigenvalue weighted by molar-refractivity contribution is 9.10. The summed E-state index contributed by atoms with van der Waals surface area (Å²) in [6.07, 6.45) is 1.00. The molecule has 0 unspecified atom stereocenters. The molecule has 1 aromatic carbocycles. The molecule has 1 atom stereocenters. The number of fused-ring (bicyclic) bond motifs is 1. The number of sulfone groups is 1. The Balaban J connectivity index is 2.16. The Morgan fingerprint density at radius 2 is 1.94 bits per heavy atom. The van der Waals surface area contributed by atoms with Crippen molar-refractivity contribution in [3.05, 3.63) is 45.6 Å². The number of hydrogen-bond donors (Lipinski definition) is 1. The van der Waals surface area contributed by atoms with Crippen molar-refractivity contribution >= 4 is 49.2 Å². The normalized spacial score (nSPS) is 14.2. The molecule has 3 rings (SSSR count). The van der Waals surface area contributed by atoms with Crippen LogP contribution in [0.15, 0.2) is 28.7 Å². The van der Waals surface area contributed by atoms with Crippen LogP contribution in [0.25, 0.3) is 0 Å². The van der Waals surface area contributed by atoms with E-state index in [1.54, 1.807) is 6.92 Å². The zero-order valence-electron chi connectivity index (χ0n) is 18.3. The number of hydrogen-bond acceptors (Lipinski definition) is 8. The largest absolute Gasteiger partial charge is 0.491 e. The lowest BCUT2D eigenvalue weighted by atomic mass is 10.1. The fourth-order valence-electron chi connectivity index (χ4n) is 3.52. The minimum Gasteiger partial charge on any atom is -0.491 e. The van der Waals surface area contributed by atoms with Crippen LogP contribution in [0.3, 0.4) is 0 Å². The Labute approximate surface area is 199 Å². The Hall–Kier alpha value is -2.99. The van der Waals surface area contributed by atoms with Crippen molar-refractivity contribution in [1.82, 2.24) is 9.88 Å². The van der Waals surface area contributed by atoms with E-state index in [-0.39, 0.29) is 35.0 Å². The van der Waals surface area contributed by atoms with Crippen molar-refractivity contribution in [2.75, 3.05) is 31.0 Å². The summed E-state index contributed by atoms with van der Waals surface area (Å²) in [5, 5.41) is 2.55. The molecule has 0 radical (unpaired) electrons. The standard InChI is InChI=1S/C21H22BrN3O7S/c1-5-32-19-17(31-3)7-6-14(24-19)16(10-33(4,29)30)25-20(27)13-8-12(22)9-15(23-11(2)26)18(13)21(25)28/h6-9,16H,5,10H2,1-4H3,(H,23,26)/t16-/m1/s1. The number of carbonyl (C=O) groups is 3. The molecular formula is C21H22BrN3O7S. The van der Waals surface area contributed by atoms with E-state index >= 15 is 0 Å². The molecule has 3 amide bonds. The summed E-state index contributed by atoms with van der Waals surface area (Å²) in [5.74, 6) is -2.00. The molecule has 33 heavy (non-hydrogen) atoms. The Morgan fingerprint density at radius 3 is 2.52 bits per heavy atom. The fraction of sp³-hybridized carbons (Fsp3) is 0.333. The van der Waals surface area contributed by atoms with Crippen molar-refractivity contribution in [1.29, 1.82) is 0 Å². The van der Waals surface area contributed by atoms with Gasteiger partial charge in [0, 0.05) is 17.7 Å². The topological polar surface area (TPSA) is 132 Å². The van der Waals surface area contributed by atoms with Gasteiger partial charge in [-0.15, -0.1) is 0 Å². The quantitative estimate of drug-likeness (QED) is 0.506. The Bertz CT molecular complexity index is 1250. The molecule has 2 aromatic rings. The van der Waals surface area contributed by atoms with Gasteiger partial charge in [0.05, 0.1) is 48.0 Å². The highest BCUT2D eigenvalue weighted by Gasteiger charge is 2.44. The summed E-state index contributed by atoms with van der Waals surface area (Å²) in [6, 6.07) is 4.72. The third kappa shape index (κ3) is 5.17. The van der Waals surface area contributed by atoms with Crippen molar-refractivity contribution in [3.8, 4) is 11.6 Å². The lowest BCUT2D eigenvalue weighted by Gasteiger charge is -2.26. The van der Waals surface area contributed by atoms with Crippen molar-refractivity contribution < 1.29 is 32.3 Å². The molecule has 1 aliphatic heterocycles. The van der Waals surface area contributed by atoms with Crippen LogP contribution >= 0.6 is 15.9 Å². The molecule has 0 aliphatic carbocycles. The van der Waals surface area contributed by atoms with Crippen LogP contribution in [-0.2, 0) is 14.6 Å². The zero-order chi connectivity index (χ0) is 24.5. The van der Waals surface area contributed by atoms with Crippen LogP contribution in [0.1, 0.15) is 46.3 Å². The fourth-order valence-corrected chi connectivity index (χ4v) is 4.87. The van der Waals surface area contributed by atoms with Crippen molar-refractivity contribution in [2.45, 2.75) is 19.9 Å². The number of methoxy groups -OCH3 is 1. The number of imide groups is 1. The van der Waals surface area contributed by atoms with E-state index in [0.29, 0.717) is 10.2 Å². The van der Waals surface area contributed by atoms with E-state index in [4.69, 9.17) is 9.47 Å². The maximum absolute atomic E-state index is 13.4. The van der Waals surface area contributed by atoms with Crippen molar-refractivity contribution in [3.63, 3.8) is 0 Å². The smallest absolute Gasteiger partial charge is 0.264 e. The maximum atomic E-state index is 13.4. The molecule has 0 bridgehead atoms. The van der Waals surface area contributed by atoms with Gasteiger partial charge in [-0.25, -0.2) is 13.4 Å². The molecule has 1 aromatic heterocycles. The SMILES string of the molecule is CCOc1nc([C@@H](CS(C)(=O)=O)N2C(=O)c3cc(Br)cc(NC(C)=O)c3C2=O)ccc1OC. The molecule has 0 spiro atoms. The first-order valence-corrected chi connectivity index (χ1v) is 12.7. The first-order chi connectivity index (χ1) is 15.5. The molecular weight excluding hydrogens is 518 g/mol.